The van der Waals surface area contributed by atoms with Gasteiger partial charge in [-0.25, -0.2) is 4.98 Å². The largest absolute Gasteiger partial charge is 0.392 e. The number of hydrogen-bond donors (Lipinski definition) is 0. The van der Waals surface area contributed by atoms with Crippen molar-refractivity contribution in [1.29, 1.82) is 0 Å². The van der Waals surface area contributed by atoms with Gasteiger partial charge in [-0.1, -0.05) is 0 Å². The van der Waals surface area contributed by atoms with Gasteiger partial charge >= 0.3 is 5.82 Å². The Labute approximate surface area is 66.6 Å². The van der Waals surface area contributed by atoms with E-state index in [1.165, 1.54) is 10.6 Å². The van der Waals surface area contributed by atoms with Crippen molar-refractivity contribution in [1.82, 2.24) is 14.6 Å². The second-order valence-electron chi connectivity index (χ2n) is 2.18. The van der Waals surface area contributed by atoms with Crippen LogP contribution in [0.2, 0.25) is 0 Å². The summed E-state index contributed by atoms with van der Waals surface area (Å²) in [5.74, 6) is -0.186. The standard InChI is InChI=1S/C6H4N4O2/c11-10(12)6-4-5-7-2-1-3-9(5)8-6/h1-4H. The van der Waals surface area contributed by atoms with Crippen LogP contribution in [0.5, 0.6) is 0 Å². The van der Waals surface area contributed by atoms with Gasteiger partial charge in [0.05, 0.1) is 17.4 Å². The Morgan fingerprint density at radius 2 is 2.42 bits per heavy atom. The molecule has 0 aliphatic rings. The molecule has 0 saturated carbocycles. The van der Waals surface area contributed by atoms with Crippen LogP contribution in [0.3, 0.4) is 0 Å². The minimum absolute atomic E-state index is 0.186. The zero-order valence-electron chi connectivity index (χ0n) is 5.91. The highest BCUT2D eigenvalue weighted by Gasteiger charge is 2.12. The highest BCUT2D eigenvalue weighted by atomic mass is 16.6. The van der Waals surface area contributed by atoms with Gasteiger partial charge in [-0.3, -0.25) is 0 Å². The third-order valence-electron chi connectivity index (χ3n) is 1.41. The maximum Gasteiger partial charge on any atom is 0.392 e. The molecular formula is C6H4N4O2. The van der Waals surface area contributed by atoms with Crippen LogP contribution in [0, 0.1) is 10.1 Å². The van der Waals surface area contributed by atoms with E-state index in [1.807, 2.05) is 0 Å². The van der Waals surface area contributed by atoms with Crippen molar-refractivity contribution < 1.29 is 4.92 Å². The Hall–Kier alpha value is -1.98. The van der Waals surface area contributed by atoms with Gasteiger partial charge in [0.1, 0.15) is 0 Å². The average molecular weight is 164 g/mol. The van der Waals surface area contributed by atoms with Crippen molar-refractivity contribution >= 4 is 11.5 Å². The fourth-order valence-corrected chi connectivity index (χ4v) is 0.907. The number of nitro groups is 1. The third-order valence-corrected chi connectivity index (χ3v) is 1.41. The number of fused-ring (bicyclic) bond motifs is 1. The monoisotopic (exact) mass is 164 g/mol. The predicted molar refractivity (Wildman–Crippen MR) is 39.6 cm³/mol. The summed E-state index contributed by atoms with van der Waals surface area (Å²) in [7, 11) is 0. The zero-order chi connectivity index (χ0) is 8.55. The minimum Gasteiger partial charge on any atom is -0.358 e. The van der Waals surface area contributed by atoms with Crippen LogP contribution in [0.4, 0.5) is 5.82 Å². The van der Waals surface area contributed by atoms with Crippen LogP contribution < -0.4 is 0 Å². The van der Waals surface area contributed by atoms with Gasteiger partial charge in [0, 0.05) is 6.20 Å². The molecule has 6 heteroatoms. The molecule has 0 aromatic carbocycles. The van der Waals surface area contributed by atoms with Crippen molar-refractivity contribution in [3.63, 3.8) is 0 Å². The lowest BCUT2D eigenvalue weighted by Crippen LogP contribution is -1.90. The molecule has 60 valence electrons. The molecule has 0 spiro atoms. The summed E-state index contributed by atoms with van der Waals surface area (Å²) in [5.41, 5.74) is 0.476. The molecule has 0 aliphatic heterocycles. The molecule has 6 nitrogen and oxygen atoms in total. The number of hydrogen-bond acceptors (Lipinski definition) is 4. The SMILES string of the molecule is O=[N+]([O-])c1cc2ncccn2n1. The first kappa shape index (κ1) is 6.71. The summed E-state index contributed by atoms with van der Waals surface area (Å²) >= 11 is 0. The quantitative estimate of drug-likeness (QED) is 0.457. The van der Waals surface area contributed by atoms with Crippen LogP contribution in [-0.2, 0) is 0 Å². The first-order valence-electron chi connectivity index (χ1n) is 3.22. The molecule has 2 rings (SSSR count). The summed E-state index contributed by atoms with van der Waals surface area (Å²) in [6.45, 7) is 0. The van der Waals surface area contributed by atoms with Crippen LogP contribution >= 0.6 is 0 Å². The average Bonchev–Trinajstić information content (AvgIpc) is 2.46. The summed E-state index contributed by atoms with van der Waals surface area (Å²) in [6.07, 6.45) is 3.16. The van der Waals surface area contributed by atoms with Gasteiger partial charge in [0.2, 0.25) is 0 Å². The zero-order valence-corrected chi connectivity index (χ0v) is 5.91. The number of rotatable bonds is 1. The van der Waals surface area contributed by atoms with Gasteiger partial charge < -0.3 is 10.1 Å². The van der Waals surface area contributed by atoms with Gasteiger partial charge in [-0.2, -0.15) is 0 Å². The molecule has 0 bridgehead atoms. The first-order valence-corrected chi connectivity index (χ1v) is 3.22. The highest BCUT2D eigenvalue weighted by molar-refractivity contribution is 5.43. The molecule has 0 aliphatic carbocycles. The molecule has 0 unspecified atom stereocenters. The summed E-state index contributed by atoms with van der Waals surface area (Å²) < 4.78 is 1.36. The highest BCUT2D eigenvalue weighted by Crippen LogP contribution is 2.09. The first-order chi connectivity index (χ1) is 5.77. The van der Waals surface area contributed by atoms with E-state index in [0.29, 0.717) is 5.65 Å². The Morgan fingerprint density at radius 3 is 3.08 bits per heavy atom. The molecule has 2 aromatic rings. The summed E-state index contributed by atoms with van der Waals surface area (Å²) in [4.78, 5) is 13.6. The molecule has 0 atom stereocenters. The number of nitrogens with zero attached hydrogens (tertiary/aromatic N) is 4. The van der Waals surface area contributed by atoms with E-state index >= 15 is 0 Å². The van der Waals surface area contributed by atoms with E-state index in [1.54, 1.807) is 18.5 Å². The molecule has 12 heavy (non-hydrogen) atoms. The molecule has 0 amide bonds. The molecule has 0 saturated heterocycles. The second-order valence-corrected chi connectivity index (χ2v) is 2.18. The van der Waals surface area contributed by atoms with Gasteiger partial charge in [-0.05, 0) is 11.0 Å². The molecule has 0 fully saturated rings. The van der Waals surface area contributed by atoms with Gasteiger partial charge in [0.15, 0.2) is 5.65 Å². The summed E-state index contributed by atoms with van der Waals surface area (Å²) in [6, 6.07) is 2.98. The number of aromatic nitrogens is 3. The van der Waals surface area contributed by atoms with E-state index in [2.05, 4.69) is 10.1 Å². The topological polar surface area (TPSA) is 73.3 Å². The van der Waals surface area contributed by atoms with Gasteiger partial charge in [0.25, 0.3) is 0 Å². The van der Waals surface area contributed by atoms with Crippen molar-refractivity contribution in [2.45, 2.75) is 0 Å². The van der Waals surface area contributed by atoms with E-state index < -0.39 is 4.92 Å². The van der Waals surface area contributed by atoms with Crippen molar-refractivity contribution in [2.24, 2.45) is 0 Å². The Morgan fingerprint density at radius 1 is 1.58 bits per heavy atom. The second kappa shape index (κ2) is 2.26. The van der Waals surface area contributed by atoms with E-state index in [0.717, 1.165) is 0 Å². The predicted octanol–water partition coefficient (Wildman–Crippen LogP) is 0.637. The van der Waals surface area contributed by atoms with Crippen LogP contribution in [-0.4, -0.2) is 19.5 Å². The van der Waals surface area contributed by atoms with Gasteiger partial charge in [-0.15, -0.1) is 4.52 Å². The fourth-order valence-electron chi connectivity index (χ4n) is 0.907. The van der Waals surface area contributed by atoms with Crippen molar-refractivity contribution in [3.8, 4) is 0 Å². The molecule has 2 heterocycles. The van der Waals surface area contributed by atoms with Crippen molar-refractivity contribution in [3.05, 3.63) is 34.6 Å². The van der Waals surface area contributed by atoms with Crippen LogP contribution in [0.25, 0.3) is 5.65 Å². The third kappa shape index (κ3) is 0.895. The molecular weight excluding hydrogens is 160 g/mol. The maximum atomic E-state index is 10.3. The lowest BCUT2D eigenvalue weighted by atomic mass is 10.6. The Kier molecular flexibility index (Phi) is 1.26. The molecule has 2 aromatic heterocycles. The van der Waals surface area contributed by atoms with Crippen LogP contribution in [0.15, 0.2) is 24.5 Å². The Balaban J connectivity index is 2.70. The van der Waals surface area contributed by atoms with E-state index in [9.17, 15) is 10.1 Å². The molecule has 0 radical (unpaired) electrons. The lowest BCUT2D eigenvalue weighted by Gasteiger charge is -1.81. The van der Waals surface area contributed by atoms with Crippen molar-refractivity contribution in [2.75, 3.05) is 0 Å². The maximum absolute atomic E-state index is 10.3. The lowest BCUT2D eigenvalue weighted by molar-refractivity contribution is -0.389. The molecule has 0 N–H and O–H groups in total. The van der Waals surface area contributed by atoms with Crippen LogP contribution in [0.1, 0.15) is 0 Å². The normalized spacial score (nSPS) is 10.3. The Bertz CT molecular complexity index is 403. The minimum atomic E-state index is -0.547. The van der Waals surface area contributed by atoms with E-state index in [-0.39, 0.29) is 5.82 Å². The summed E-state index contributed by atoms with van der Waals surface area (Å²) in [5, 5.41) is 13.9. The fraction of sp³-hybridized carbons (Fsp3) is 0. The smallest absolute Gasteiger partial charge is 0.358 e. The van der Waals surface area contributed by atoms with E-state index in [4.69, 9.17) is 0 Å².